The van der Waals surface area contributed by atoms with Crippen LogP contribution >= 0.6 is 0 Å². The number of aryl methyl sites for hydroxylation is 1. The van der Waals surface area contributed by atoms with E-state index in [0.29, 0.717) is 42.7 Å². The highest BCUT2D eigenvalue weighted by molar-refractivity contribution is 5.92. The van der Waals surface area contributed by atoms with Gasteiger partial charge in [-0.3, -0.25) is 14.5 Å². The van der Waals surface area contributed by atoms with Crippen LogP contribution in [0.2, 0.25) is 0 Å². The highest BCUT2D eigenvalue weighted by atomic mass is 19.1. The van der Waals surface area contributed by atoms with E-state index in [9.17, 15) is 14.0 Å². The van der Waals surface area contributed by atoms with E-state index in [2.05, 4.69) is 30.4 Å². The molecule has 37 heavy (non-hydrogen) atoms. The fourth-order valence-electron chi connectivity index (χ4n) is 4.81. The Bertz CT molecular complexity index is 1770. The fraction of sp³-hybridized carbons (Fsp3) is 0.240. The zero-order valence-electron chi connectivity index (χ0n) is 20.0. The largest absolute Gasteiger partial charge is 0.354 e. The van der Waals surface area contributed by atoms with E-state index in [1.807, 2.05) is 0 Å². The number of nitrogens with one attached hydrogen (secondary N) is 2. The number of carbonyl (C=O) groups excluding carboxylic acids is 1. The Labute approximate surface area is 208 Å². The number of aromatic amines is 1. The van der Waals surface area contributed by atoms with Crippen molar-refractivity contribution in [2.24, 2.45) is 0 Å². The molecule has 0 radical (unpaired) electrons. The number of benzene rings is 1. The maximum Gasteiger partial charge on any atom is 0.274 e. The second kappa shape index (κ2) is 8.59. The van der Waals surface area contributed by atoms with Gasteiger partial charge in [-0.2, -0.15) is 14.6 Å². The molecule has 0 aliphatic carbocycles. The standard InChI is InChI=1S/C25H22F2N8O2/c1-13-9-29-35-18-5-3-14(20(26)21(18)31-25(37)22(13)35)10-33-8-7-16-15(11-33)12-34(32-16)19-6-4-17(24(36)28-2)30-23(19)27/h3-6,9,12H,7-8,10-11H2,1-2H3,(H,28,36)(H,31,37). The predicted octanol–water partition coefficient (Wildman–Crippen LogP) is 2.26. The smallest absolute Gasteiger partial charge is 0.274 e. The van der Waals surface area contributed by atoms with Crippen molar-refractivity contribution in [2.45, 2.75) is 26.4 Å². The molecule has 2 N–H and O–H groups in total. The quantitative estimate of drug-likeness (QED) is 0.363. The van der Waals surface area contributed by atoms with Gasteiger partial charge in [-0.1, -0.05) is 6.07 Å². The lowest BCUT2D eigenvalue weighted by molar-refractivity contribution is 0.0957. The summed E-state index contributed by atoms with van der Waals surface area (Å²) in [5.74, 6) is -1.77. The lowest BCUT2D eigenvalue weighted by atomic mass is 10.1. The van der Waals surface area contributed by atoms with Crippen molar-refractivity contribution in [3.63, 3.8) is 0 Å². The van der Waals surface area contributed by atoms with Crippen LogP contribution in [-0.4, -0.2) is 53.8 Å². The first-order valence-corrected chi connectivity index (χ1v) is 11.7. The molecule has 0 spiro atoms. The Morgan fingerprint density at radius 3 is 2.84 bits per heavy atom. The van der Waals surface area contributed by atoms with Crippen molar-refractivity contribution >= 4 is 22.5 Å². The number of halogens is 2. The summed E-state index contributed by atoms with van der Waals surface area (Å²) < 4.78 is 33.0. The molecule has 6 rings (SSSR count). The van der Waals surface area contributed by atoms with E-state index in [1.165, 1.54) is 28.4 Å². The van der Waals surface area contributed by atoms with Crippen LogP contribution in [0, 0.1) is 18.7 Å². The Morgan fingerprint density at radius 1 is 1.22 bits per heavy atom. The van der Waals surface area contributed by atoms with Crippen LogP contribution < -0.4 is 10.9 Å². The average Bonchev–Trinajstić information content (AvgIpc) is 3.49. The number of pyridine rings is 1. The molecule has 1 aliphatic heterocycles. The number of carbonyl (C=O) groups is 1. The summed E-state index contributed by atoms with van der Waals surface area (Å²) in [5, 5.41) is 11.1. The zero-order chi connectivity index (χ0) is 25.8. The molecular weight excluding hydrogens is 482 g/mol. The van der Waals surface area contributed by atoms with Gasteiger partial charge in [0, 0.05) is 56.0 Å². The molecule has 0 bridgehead atoms. The average molecular weight is 505 g/mol. The molecule has 0 atom stereocenters. The van der Waals surface area contributed by atoms with Gasteiger partial charge in [-0.05, 0) is 25.1 Å². The van der Waals surface area contributed by atoms with Gasteiger partial charge in [-0.15, -0.1) is 0 Å². The molecule has 1 aromatic carbocycles. The number of hydrogen-bond acceptors (Lipinski definition) is 6. The van der Waals surface area contributed by atoms with E-state index in [-0.39, 0.29) is 16.9 Å². The predicted molar refractivity (Wildman–Crippen MR) is 131 cm³/mol. The lowest BCUT2D eigenvalue weighted by Gasteiger charge is -2.26. The van der Waals surface area contributed by atoms with Gasteiger partial charge in [-0.25, -0.2) is 18.6 Å². The zero-order valence-corrected chi connectivity index (χ0v) is 20.0. The molecule has 1 amide bonds. The summed E-state index contributed by atoms with van der Waals surface area (Å²) in [6, 6.07) is 6.37. The Morgan fingerprint density at radius 2 is 2.05 bits per heavy atom. The highest BCUT2D eigenvalue weighted by Gasteiger charge is 2.23. The number of hydrogen-bond donors (Lipinski definition) is 2. The van der Waals surface area contributed by atoms with Crippen LogP contribution in [0.1, 0.15) is 32.9 Å². The Balaban J connectivity index is 1.26. The first kappa shape index (κ1) is 23.0. The summed E-state index contributed by atoms with van der Waals surface area (Å²) in [4.78, 5) is 32.7. The van der Waals surface area contributed by atoms with E-state index in [0.717, 1.165) is 16.8 Å². The lowest BCUT2D eigenvalue weighted by Crippen LogP contribution is -2.30. The molecule has 0 fully saturated rings. The fourth-order valence-corrected chi connectivity index (χ4v) is 4.81. The van der Waals surface area contributed by atoms with E-state index in [4.69, 9.17) is 0 Å². The van der Waals surface area contributed by atoms with Gasteiger partial charge in [0.15, 0.2) is 5.82 Å². The topological polar surface area (TPSA) is 113 Å². The molecule has 10 nitrogen and oxygen atoms in total. The van der Waals surface area contributed by atoms with Gasteiger partial charge < -0.3 is 10.3 Å². The third kappa shape index (κ3) is 3.76. The Kier molecular flexibility index (Phi) is 5.33. The molecule has 0 saturated carbocycles. The van der Waals surface area contributed by atoms with E-state index in [1.54, 1.807) is 31.5 Å². The van der Waals surface area contributed by atoms with Gasteiger partial charge >= 0.3 is 0 Å². The second-order valence-corrected chi connectivity index (χ2v) is 9.07. The summed E-state index contributed by atoms with van der Waals surface area (Å²) in [6.07, 6.45) is 3.92. The highest BCUT2D eigenvalue weighted by Crippen LogP contribution is 2.25. The molecule has 0 unspecified atom stereocenters. The summed E-state index contributed by atoms with van der Waals surface area (Å²) >= 11 is 0. The Hall–Kier alpha value is -4.45. The summed E-state index contributed by atoms with van der Waals surface area (Å²) in [7, 11) is 1.45. The maximum atomic E-state index is 15.5. The van der Waals surface area contributed by atoms with Crippen LogP contribution in [0.25, 0.3) is 22.2 Å². The van der Waals surface area contributed by atoms with Gasteiger partial charge in [0.1, 0.15) is 22.4 Å². The van der Waals surface area contributed by atoms with Crippen molar-refractivity contribution in [3.05, 3.63) is 86.9 Å². The number of nitrogens with zero attached hydrogens (tertiary/aromatic N) is 6. The van der Waals surface area contributed by atoms with Crippen molar-refractivity contribution in [1.29, 1.82) is 0 Å². The third-order valence-electron chi connectivity index (χ3n) is 6.70. The first-order chi connectivity index (χ1) is 17.8. The molecule has 4 aromatic heterocycles. The molecule has 5 heterocycles. The molecular formula is C25H22F2N8O2. The first-order valence-electron chi connectivity index (χ1n) is 11.7. The number of amides is 1. The number of aromatic nitrogens is 6. The van der Waals surface area contributed by atoms with E-state index >= 15 is 4.39 Å². The van der Waals surface area contributed by atoms with Crippen molar-refractivity contribution in [3.8, 4) is 5.69 Å². The third-order valence-corrected chi connectivity index (χ3v) is 6.70. The molecule has 0 saturated heterocycles. The minimum Gasteiger partial charge on any atom is -0.354 e. The van der Waals surface area contributed by atoms with Gasteiger partial charge in [0.2, 0.25) is 5.95 Å². The van der Waals surface area contributed by atoms with Crippen molar-refractivity contribution in [2.75, 3.05) is 13.6 Å². The van der Waals surface area contributed by atoms with E-state index < -0.39 is 23.2 Å². The van der Waals surface area contributed by atoms with Crippen LogP contribution in [0.15, 0.2) is 41.5 Å². The second-order valence-electron chi connectivity index (χ2n) is 9.07. The molecule has 12 heteroatoms. The van der Waals surface area contributed by atoms with Gasteiger partial charge in [0.05, 0.1) is 17.4 Å². The van der Waals surface area contributed by atoms with Crippen LogP contribution in [-0.2, 0) is 19.5 Å². The number of fused-ring (bicyclic) bond motifs is 4. The normalized spacial score (nSPS) is 13.8. The van der Waals surface area contributed by atoms with Crippen LogP contribution in [0.5, 0.6) is 0 Å². The van der Waals surface area contributed by atoms with Crippen molar-refractivity contribution in [1.82, 2.24) is 39.6 Å². The summed E-state index contributed by atoms with van der Waals surface area (Å²) in [6.45, 7) is 3.23. The summed E-state index contributed by atoms with van der Waals surface area (Å²) in [5.41, 5.74) is 3.62. The number of rotatable bonds is 4. The molecule has 1 aliphatic rings. The minimum absolute atomic E-state index is 0.0194. The minimum atomic E-state index is -0.800. The van der Waals surface area contributed by atoms with Gasteiger partial charge in [0.25, 0.3) is 11.5 Å². The van der Waals surface area contributed by atoms with Crippen molar-refractivity contribution < 1.29 is 13.6 Å². The monoisotopic (exact) mass is 504 g/mol. The molecule has 188 valence electrons. The maximum absolute atomic E-state index is 15.5. The van der Waals surface area contributed by atoms with Crippen LogP contribution in [0.4, 0.5) is 8.78 Å². The van der Waals surface area contributed by atoms with Crippen LogP contribution in [0.3, 0.4) is 0 Å². The SMILES string of the molecule is CNC(=O)c1ccc(-n2cc3c(n2)CCN(Cc2ccc4c([nH]c(=O)c5c(C)cnn54)c2F)C3)c(F)n1. The number of H-pyrrole nitrogens is 1. The molecule has 5 aromatic rings.